The molecule has 0 aliphatic heterocycles. The summed E-state index contributed by atoms with van der Waals surface area (Å²) in [5.74, 6) is 2.68. The molecular weight excluding hydrogens is 1350 g/mol. The average molecular weight is 1480 g/mol. The predicted molar refractivity (Wildman–Crippen MR) is 397 cm³/mol. The second kappa shape index (κ2) is 86.8. The van der Waals surface area contributed by atoms with E-state index in [2.05, 4.69) is 97.0 Å². The Morgan fingerprint density at radius 1 is 0.245 bits per heavy atom. The first kappa shape index (κ1) is 109. The zero-order chi connectivity index (χ0) is 73.2. The predicted octanol–water partition coefficient (Wildman–Crippen LogP) is 15.5. The minimum absolute atomic E-state index is 0.113. The van der Waals surface area contributed by atoms with Crippen molar-refractivity contribution in [1.29, 1.82) is 0 Å². The lowest BCUT2D eigenvalue weighted by atomic mass is 10.1. The summed E-state index contributed by atoms with van der Waals surface area (Å²) >= 11 is 34.2. The van der Waals surface area contributed by atoms with Gasteiger partial charge in [-0.15, -0.1) is 69.6 Å². The highest BCUT2D eigenvalue weighted by Crippen LogP contribution is 2.13. The summed E-state index contributed by atoms with van der Waals surface area (Å²) in [6.07, 6.45) is 8.62. The van der Waals surface area contributed by atoms with Gasteiger partial charge in [-0.1, -0.05) is 102 Å². The Morgan fingerprint density at radius 3 is 0.628 bits per heavy atom. The molecule has 0 fully saturated rings. The van der Waals surface area contributed by atoms with E-state index in [0.717, 1.165) is 77.6 Å². The van der Waals surface area contributed by atoms with Crippen LogP contribution in [0.3, 0.4) is 0 Å². The third-order valence-corrected chi connectivity index (χ3v) is 12.0. The summed E-state index contributed by atoms with van der Waals surface area (Å²) in [6, 6.07) is 0. The van der Waals surface area contributed by atoms with E-state index in [1.165, 1.54) is 21.3 Å². The molecule has 0 atom stereocenters. The van der Waals surface area contributed by atoms with Gasteiger partial charge in [0.05, 0.1) is 18.3 Å². The van der Waals surface area contributed by atoms with Crippen LogP contribution in [0.2, 0.25) is 0 Å². The molecule has 0 rings (SSSR count). The Bertz CT molecular complexity index is 1220. The van der Waals surface area contributed by atoms with Crippen LogP contribution in [-0.2, 0) is 97.7 Å². The van der Waals surface area contributed by atoms with E-state index in [0.29, 0.717) is 77.2 Å². The van der Waals surface area contributed by atoms with Gasteiger partial charge >= 0.3 is 51.2 Å². The first-order chi connectivity index (χ1) is 44.9. The second-order valence-corrected chi connectivity index (χ2v) is 24.2. The normalized spacial score (nSPS) is 11.0. The lowest BCUT2D eigenvalue weighted by Crippen LogP contribution is -2.41. The van der Waals surface area contributed by atoms with Gasteiger partial charge in [0, 0.05) is 154 Å². The van der Waals surface area contributed by atoms with E-state index in [1.54, 1.807) is 0 Å². The third-order valence-electron chi connectivity index (χ3n) is 9.91. The number of unbranched alkanes of at least 4 members (excludes halogenated alkanes) is 3. The Morgan fingerprint density at radius 2 is 0.457 bits per heavy atom. The molecule has 0 aliphatic rings. The molecule has 0 radical (unpaired) electrons. The molecule has 0 amide bonds. The third kappa shape index (κ3) is 89.4. The molecule has 0 N–H and O–H groups in total. The van der Waals surface area contributed by atoms with E-state index in [9.17, 15) is 0 Å². The van der Waals surface area contributed by atoms with Crippen molar-refractivity contribution in [2.45, 2.75) is 240 Å². The number of hydrogen-bond acceptors (Lipinski definition) is 21. The maximum Gasteiger partial charge on any atom is 0.640 e. The summed E-state index contributed by atoms with van der Waals surface area (Å²) in [4.78, 5) is 0. The average Bonchev–Trinajstić information content (AvgIpc) is 1.46. The molecule has 94 heavy (non-hydrogen) atoms. The molecule has 0 spiro atoms. The van der Waals surface area contributed by atoms with E-state index in [4.69, 9.17) is 153 Å². The van der Waals surface area contributed by atoms with Crippen molar-refractivity contribution in [3.05, 3.63) is 0 Å². The number of hydrogen-bond donors (Lipinski definition) is 0. The van der Waals surface area contributed by atoms with E-state index in [1.807, 2.05) is 62.3 Å². The van der Waals surface area contributed by atoms with Crippen molar-refractivity contribution >= 4 is 121 Å². The Balaban J connectivity index is -0.000000191. The van der Waals surface area contributed by atoms with Gasteiger partial charge < -0.3 is 97.7 Å². The van der Waals surface area contributed by atoms with Crippen LogP contribution in [0.5, 0.6) is 0 Å². The molecule has 0 saturated heterocycles. The number of alkyl halides is 6. The molecule has 0 unspecified atom stereocenters. The Labute approximate surface area is 608 Å². The SMILES string of the molecule is CC(C)COB(OCC(C)C)OCC(C)C.CC(C)OB(OC(C)C)OC(C)C.CCCCOB(OCCCC)OCCCC.CCCOB(OCCC)OCCC.CCOB(OCC)OCC.COB(OC)OC.ClCC(CCl)OB(OC(CCl)CCl)OC(CCl)CCl. The fraction of sp³-hybridized carbons (Fsp3) is 1.00. The lowest BCUT2D eigenvalue weighted by Gasteiger charge is -2.24. The van der Waals surface area contributed by atoms with Crippen LogP contribution in [0.4, 0.5) is 0 Å². The summed E-state index contributed by atoms with van der Waals surface area (Å²) in [6.45, 7) is 50.9. The molecular formula is C60H135B7Cl6O21. The highest BCUT2D eigenvalue weighted by Gasteiger charge is 2.32. The summed E-state index contributed by atoms with van der Waals surface area (Å²) in [5, 5.41) is 0. The molecule has 0 aromatic heterocycles. The lowest BCUT2D eigenvalue weighted by molar-refractivity contribution is 0.0332. The van der Waals surface area contributed by atoms with Crippen LogP contribution in [0, 0.1) is 17.8 Å². The van der Waals surface area contributed by atoms with Crippen LogP contribution >= 0.6 is 69.6 Å². The number of halogens is 6. The largest absolute Gasteiger partial charge is 0.640 e. The van der Waals surface area contributed by atoms with Gasteiger partial charge in [0.1, 0.15) is 0 Å². The molecule has 21 nitrogen and oxygen atoms in total. The molecule has 0 bridgehead atoms. The van der Waals surface area contributed by atoms with E-state index in [-0.39, 0.29) is 53.6 Å². The summed E-state index contributed by atoms with van der Waals surface area (Å²) < 4.78 is 111. The Kier molecular flexibility index (Phi) is 100. The monoisotopic (exact) mass is 1480 g/mol. The van der Waals surface area contributed by atoms with Gasteiger partial charge in [-0.05, 0) is 119 Å². The summed E-state index contributed by atoms with van der Waals surface area (Å²) in [5.41, 5.74) is 0. The van der Waals surface area contributed by atoms with Crippen LogP contribution in [-0.4, -0.2) is 224 Å². The van der Waals surface area contributed by atoms with Gasteiger partial charge in [-0.2, -0.15) is 0 Å². The van der Waals surface area contributed by atoms with Crippen molar-refractivity contribution in [2.75, 3.05) is 136 Å². The quantitative estimate of drug-likeness (QED) is 0.0317. The fourth-order valence-electron chi connectivity index (χ4n) is 5.37. The highest BCUT2D eigenvalue weighted by molar-refractivity contribution is 6.39. The molecule has 0 saturated carbocycles. The molecule has 564 valence electrons. The smallest absolute Gasteiger partial charge is 0.389 e. The van der Waals surface area contributed by atoms with Crippen LogP contribution in [0.1, 0.15) is 203 Å². The van der Waals surface area contributed by atoms with Gasteiger partial charge in [-0.3, -0.25) is 0 Å². The van der Waals surface area contributed by atoms with Crippen molar-refractivity contribution in [3.8, 4) is 0 Å². The van der Waals surface area contributed by atoms with Crippen molar-refractivity contribution in [3.63, 3.8) is 0 Å². The minimum Gasteiger partial charge on any atom is -0.389 e. The number of rotatable bonds is 57. The molecule has 0 heterocycles. The van der Waals surface area contributed by atoms with Crippen LogP contribution in [0.15, 0.2) is 0 Å². The van der Waals surface area contributed by atoms with E-state index >= 15 is 0 Å². The van der Waals surface area contributed by atoms with Crippen LogP contribution < -0.4 is 0 Å². The molecule has 34 heteroatoms. The van der Waals surface area contributed by atoms with Gasteiger partial charge in [0.15, 0.2) is 0 Å². The van der Waals surface area contributed by atoms with Gasteiger partial charge in [0.25, 0.3) is 0 Å². The first-order valence-corrected chi connectivity index (χ1v) is 37.3. The van der Waals surface area contributed by atoms with Crippen LogP contribution in [0.25, 0.3) is 0 Å². The van der Waals surface area contributed by atoms with Crippen molar-refractivity contribution < 1.29 is 97.7 Å². The zero-order valence-electron chi connectivity index (χ0n) is 63.2. The zero-order valence-corrected chi connectivity index (χ0v) is 67.7. The Hall–Kier alpha value is 1.35. The molecule has 0 aromatic carbocycles. The maximum atomic E-state index is 5.70. The highest BCUT2D eigenvalue weighted by atomic mass is 35.5. The minimum atomic E-state index is -1.02. The van der Waals surface area contributed by atoms with Crippen molar-refractivity contribution in [2.24, 2.45) is 17.8 Å². The first-order valence-electron chi connectivity index (χ1n) is 34.1. The van der Waals surface area contributed by atoms with Gasteiger partial charge in [-0.25, -0.2) is 0 Å². The molecule has 0 aromatic rings. The standard InChI is InChI=1S/2C12H27BO3.C9H15BCl6O3.2C9H21BO3.C6H15BO3.C3H9BO3/c1-10(2)7-14-13(15-8-11(3)4)16-9-12(5)6;1-4-7-10-14-13(15-11-8-5-2)16-12-9-6-3;11-1-7(2-12)17-10(18-8(3-13)4-14)19-9(5-15)6-16;1-7(2)11-10(12-8(3)4)13-9(5)6;1-4-7-11-10(12-8-5-2)13-9-6-3;1-4-8-7(9-5-2)10-6-3;1-5-4(6-2)7-3/h10-12H,7-9H2,1-6H3;4-12H2,1-3H3;7-9H,1-6H2;7-9H,1-6H3;4-9H2,1-3H3;4-6H2,1-3H3;1-3H3. The second-order valence-electron chi connectivity index (χ2n) is 22.3. The maximum absolute atomic E-state index is 5.70. The fourth-order valence-corrected chi connectivity index (χ4v) is 6.80. The van der Waals surface area contributed by atoms with Crippen molar-refractivity contribution in [1.82, 2.24) is 0 Å². The van der Waals surface area contributed by atoms with Gasteiger partial charge in [0.2, 0.25) is 0 Å². The molecule has 0 aliphatic carbocycles. The summed E-state index contributed by atoms with van der Waals surface area (Å²) in [7, 11) is 0.566. The van der Waals surface area contributed by atoms with E-state index < -0.39 is 69.6 Å². The topological polar surface area (TPSA) is 194 Å².